The van der Waals surface area contributed by atoms with Crippen molar-refractivity contribution in [3.8, 4) is 11.5 Å². The number of fused-ring (bicyclic) bond motifs is 1. The molecule has 17 heavy (non-hydrogen) atoms. The maximum Gasteiger partial charge on any atom is 0.185 e. The van der Waals surface area contributed by atoms with E-state index in [2.05, 4.69) is 5.16 Å². The van der Waals surface area contributed by atoms with Gasteiger partial charge in [0.05, 0.1) is 5.69 Å². The molecule has 0 amide bonds. The molecule has 0 saturated heterocycles. The highest BCUT2D eigenvalue weighted by atomic mass is 35.5. The Balaban J connectivity index is 2.31. The average molecular weight is 248 g/mol. The van der Waals surface area contributed by atoms with E-state index in [4.69, 9.17) is 21.9 Å². The fourth-order valence-corrected chi connectivity index (χ4v) is 2.19. The predicted octanol–water partition coefficient (Wildman–Crippen LogP) is 3.07. The van der Waals surface area contributed by atoms with Crippen molar-refractivity contribution < 1.29 is 4.52 Å². The number of aromatic nitrogens is 2. The van der Waals surface area contributed by atoms with Crippen molar-refractivity contribution in [1.29, 1.82) is 0 Å². The van der Waals surface area contributed by atoms with Gasteiger partial charge in [-0.15, -0.1) is 0 Å². The van der Waals surface area contributed by atoms with Crippen molar-refractivity contribution in [1.82, 2.24) is 9.72 Å². The fourth-order valence-electron chi connectivity index (χ4n) is 1.97. The summed E-state index contributed by atoms with van der Waals surface area (Å²) >= 11 is 6.15. The maximum atomic E-state index is 6.15. The van der Waals surface area contributed by atoms with Gasteiger partial charge < -0.3 is 14.8 Å². The van der Waals surface area contributed by atoms with Gasteiger partial charge in [0.1, 0.15) is 0 Å². The van der Waals surface area contributed by atoms with Crippen LogP contribution in [-0.2, 0) is 7.05 Å². The third-order valence-electron chi connectivity index (χ3n) is 2.81. The topological polar surface area (TPSA) is 57.0 Å². The molecule has 0 aliphatic carbocycles. The van der Waals surface area contributed by atoms with Crippen LogP contribution in [0.3, 0.4) is 0 Å². The minimum absolute atomic E-state index is 0.372. The molecule has 0 saturated carbocycles. The first-order chi connectivity index (χ1) is 8.16. The molecule has 3 rings (SSSR count). The third-order valence-corrected chi connectivity index (χ3v) is 3.14. The van der Waals surface area contributed by atoms with Crippen LogP contribution in [0.1, 0.15) is 0 Å². The number of hydrogen-bond donors (Lipinski definition) is 1. The van der Waals surface area contributed by atoms with E-state index >= 15 is 0 Å². The molecule has 0 fully saturated rings. The van der Waals surface area contributed by atoms with Crippen LogP contribution in [-0.4, -0.2) is 9.72 Å². The molecule has 1 aromatic carbocycles. The van der Waals surface area contributed by atoms with Crippen LogP contribution in [0.2, 0.25) is 5.02 Å². The zero-order valence-electron chi connectivity index (χ0n) is 9.14. The minimum Gasteiger partial charge on any atom is -0.381 e. The summed E-state index contributed by atoms with van der Waals surface area (Å²) in [5, 5.41) is 5.39. The number of halogens is 1. The zero-order chi connectivity index (χ0) is 12.0. The Hall–Kier alpha value is -1.94. The Labute approximate surface area is 103 Å². The van der Waals surface area contributed by atoms with Gasteiger partial charge in [-0.2, -0.15) is 0 Å². The second-order valence-electron chi connectivity index (χ2n) is 3.88. The van der Waals surface area contributed by atoms with Crippen LogP contribution in [0.25, 0.3) is 22.4 Å². The molecule has 86 valence electrons. The molecule has 0 radical (unpaired) electrons. The van der Waals surface area contributed by atoms with Gasteiger partial charge in [-0.05, 0) is 18.2 Å². The maximum absolute atomic E-state index is 6.15. The normalized spacial score (nSPS) is 11.2. The highest BCUT2D eigenvalue weighted by Gasteiger charge is 2.13. The number of anilines is 1. The molecule has 0 atom stereocenters. The number of benzene rings is 1. The van der Waals surface area contributed by atoms with Crippen molar-refractivity contribution in [2.24, 2.45) is 7.05 Å². The second-order valence-corrected chi connectivity index (χ2v) is 4.28. The van der Waals surface area contributed by atoms with Gasteiger partial charge in [0.25, 0.3) is 0 Å². The summed E-state index contributed by atoms with van der Waals surface area (Å²) in [6.07, 6.45) is 0. The molecule has 3 aromatic rings. The lowest BCUT2D eigenvalue weighted by Gasteiger charge is -1.99. The first-order valence-electron chi connectivity index (χ1n) is 5.13. The van der Waals surface area contributed by atoms with E-state index in [1.54, 1.807) is 6.07 Å². The van der Waals surface area contributed by atoms with Gasteiger partial charge in [0.15, 0.2) is 11.6 Å². The molecule has 2 N–H and O–H groups in total. The monoisotopic (exact) mass is 247 g/mol. The van der Waals surface area contributed by atoms with E-state index in [0.717, 1.165) is 21.6 Å². The van der Waals surface area contributed by atoms with E-state index in [-0.39, 0.29) is 0 Å². The molecular weight excluding hydrogens is 238 g/mol. The lowest BCUT2D eigenvalue weighted by molar-refractivity contribution is 0.433. The summed E-state index contributed by atoms with van der Waals surface area (Å²) in [7, 11) is 1.95. The quantitative estimate of drug-likeness (QED) is 0.719. The Kier molecular flexibility index (Phi) is 2.12. The van der Waals surface area contributed by atoms with Crippen molar-refractivity contribution in [3.63, 3.8) is 0 Å². The van der Waals surface area contributed by atoms with Crippen LogP contribution in [0.15, 0.2) is 34.9 Å². The third kappa shape index (κ3) is 1.49. The molecule has 0 bridgehead atoms. The molecule has 4 nitrogen and oxygen atoms in total. The standard InChI is InChI=1S/C12H10ClN3O/c1-16-9-4-2-3-8(13)7(9)5-10(16)11-6-12(14)15-17-11/h2-6H,1H3,(H2,14,15). The zero-order valence-corrected chi connectivity index (χ0v) is 9.90. The van der Waals surface area contributed by atoms with Crippen LogP contribution < -0.4 is 5.73 Å². The molecule has 2 aromatic heterocycles. The van der Waals surface area contributed by atoms with E-state index < -0.39 is 0 Å². The van der Waals surface area contributed by atoms with E-state index in [1.807, 2.05) is 35.9 Å². The molecule has 0 aliphatic rings. The number of nitrogens with zero attached hydrogens (tertiary/aromatic N) is 2. The number of hydrogen-bond acceptors (Lipinski definition) is 3. The van der Waals surface area contributed by atoms with Gasteiger partial charge in [0.2, 0.25) is 0 Å². The Morgan fingerprint density at radius 1 is 1.35 bits per heavy atom. The van der Waals surface area contributed by atoms with E-state index in [0.29, 0.717) is 11.6 Å². The molecule has 2 heterocycles. The minimum atomic E-state index is 0.372. The summed E-state index contributed by atoms with van der Waals surface area (Å²) in [5.74, 6) is 1.01. The van der Waals surface area contributed by atoms with Gasteiger partial charge in [-0.3, -0.25) is 0 Å². The Morgan fingerprint density at radius 3 is 2.82 bits per heavy atom. The van der Waals surface area contributed by atoms with Gasteiger partial charge in [0, 0.05) is 29.0 Å². The van der Waals surface area contributed by atoms with Crippen LogP contribution in [0.5, 0.6) is 0 Å². The number of aryl methyl sites for hydroxylation is 1. The van der Waals surface area contributed by atoms with Gasteiger partial charge in [-0.1, -0.05) is 22.8 Å². The van der Waals surface area contributed by atoms with E-state index in [9.17, 15) is 0 Å². The number of nitrogens with two attached hydrogens (primary N) is 1. The number of nitrogen functional groups attached to an aromatic ring is 1. The summed E-state index contributed by atoms with van der Waals surface area (Å²) in [6, 6.07) is 9.45. The fraction of sp³-hybridized carbons (Fsp3) is 0.0833. The first kappa shape index (κ1) is 10.2. The SMILES string of the molecule is Cn1c(-c2cc(N)no2)cc2c(Cl)cccc21. The predicted molar refractivity (Wildman–Crippen MR) is 67.8 cm³/mol. The second kappa shape index (κ2) is 3.53. The molecule has 5 heteroatoms. The first-order valence-corrected chi connectivity index (χ1v) is 5.51. The average Bonchev–Trinajstić information content (AvgIpc) is 2.85. The lowest BCUT2D eigenvalue weighted by Crippen LogP contribution is -1.89. The van der Waals surface area contributed by atoms with Crippen molar-refractivity contribution in [2.75, 3.05) is 5.73 Å². The summed E-state index contributed by atoms with van der Waals surface area (Å²) in [5.41, 5.74) is 7.49. The van der Waals surface area contributed by atoms with Gasteiger partial charge >= 0.3 is 0 Å². The van der Waals surface area contributed by atoms with Crippen molar-refractivity contribution in [3.05, 3.63) is 35.4 Å². The van der Waals surface area contributed by atoms with Crippen LogP contribution >= 0.6 is 11.6 Å². The summed E-state index contributed by atoms with van der Waals surface area (Å²) in [4.78, 5) is 0. The smallest absolute Gasteiger partial charge is 0.185 e. The van der Waals surface area contributed by atoms with Gasteiger partial charge in [-0.25, -0.2) is 0 Å². The molecular formula is C12H10ClN3O. The van der Waals surface area contributed by atoms with Crippen LogP contribution in [0.4, 0.5) is 5.82 Å². The molecule has 0 spiro atoms. The lowest BCUT2D eigenvalue weighted by atomic mass is 10.2. The number of rotatable bonds is 1. The van der Waals surface area contributed by atoms with E-state index in [1.165, 1.54) is 0 Å². The highest BCUT2D eigenvalue weighted by molar-refractivity contribution is 6.35. The highest BCUT2D eigenvalue weighted by Crippen LogP contribution is 2.31. The van der Waals surface area contributed by atoms with Crippen molar-refractivity contribution >= 4 is 28.3 Å². The summed E-state index contributed by atoms with van der Waals surface area (Å²) < 4.78 is 7.16. The summed E-state index contributed by atoms with van der Waals surface area (Å²) in [6.45, 7) is 0. The molecule has 0 unspecified atom stereocenters. The van der Waals surface area contributed by atoms with Crippen LogP contribution in [0, 0.1) is 0 Å². The molecule has 0 aliphatic heterocycles. The van der Waals surface area contributed by atoms with Crippen molar-refractivity contribution in [2.45, 2.75) is 0 Å². The largest absolute Gasteiger partial charge is 0.381 e. The Morgan fingerprint density at radius 2 is 2.18 bits per heavy atom. The Bertz CT molecular complexity index is 699.